The van der Waals surface area contributed by atoms with Crippen LogP contribution in [-0.2, 0) is 14.2 Å². The highest BCUT2D eigenvalue weighted by atomic mass is 19.1. The fourth-order valence-corrected chi connectivity index (χ4v) is 3.99. The molecule has 3 fully saturated rings. The molecule has 0 aliphatic carbocycles. The van der Waals surface area contributed by atoms with E-state index in [1.54, 1.807) is 12.1 Å². The molecular formula is C18H24FN3O4. The van der Waals surface area contributed by atoms with E-state index in [9.17, 15) is 9.18 Å². The predicted octanol–water partition coefficient (Wildman–Crippen LogP) is 1.70. The molecule has 26 heavy (non-hydrogen) atoms. The Morgan fingerprint density at radius 3 is 2.69 bits per heavy atom. The Hall–Kier alpha value is -1.90. The summed E-state index contributed by atoms with van der Waals surface area (Å²) in [5, 5.41) is 0. The number of anilines is 2. The van der Waals surface area contributed by atoms with Crippen LogP contribution in [0.25, 0.3) is 0 Å². The molecule has 1 spiro atoms. The van der Waals surface area contributed by atoms with Crippen molar-refractivity contribution in [2.45, 2.75) is 25.2 Å². The lowest BCUT2D eigenvalue weighted by Gasteiger charge is -2.43. The average Bonchev–Trinajstić information content (AvgIpc) is 3.25. The maximum atomic E-state index is 14.8. The van der Waals surface area contributed by atoms with E-state index in [0.717, 1.165) is 0 Å². The van der Waals surface area contributed by atoms with E-state index in [1.807, 2.05) is 4.90 Å². The maximum Gasteiger partial charge on any atom is 0.414 e. The van der Waals surface area contributed by atoms with Crippen LogP contribution in [-0.4, -0.2) is 57.4 Å². The van der Waals surface area contributed by atoms with E-state index in [4.69, 9.17) is 19.9 Å². The molecule has 4 rings (SSSR count). The lowest BCUT2D eigenvalue weighted by atomic mass is 9.92. The van der Waals surface area contributed by atoms with Crippen molar-refractivity contribution in [3.63, 3.8) is 0 Å². The smallest absolute Gasteiger partial charge is 0.414 e. The van der Waals surface area contributed by atoms with Crippen molar-refractivity contribution >= 4 is 17.5 Å². The Balaban J connectivity index is 1.49. The third kappa shape index (κ3) is 2.91. The molecule has 3 saturated heterocycles. The molecule has 7 nitrogen and oxygen atoms in total. The van der Waals surface area contributed by atoms with Crippen LogP contribution in [0.4, 0.5) is 20.6 Å². The van der Waals surface area contributed by atoms with Gasteiger partial charge in [0.2, 0.25) is 0 Å². The zero-order chi connectivity index (χ0) is 18.3. The number of benzene rings is 1. The quantitative estimate of drug-likeness (QED) is 0.879. The Bertz CT molecular complexity index is 695. The molecule has 2 atom stereocenters. The average molecular weight is 365 g/mol. The van der Waals surface area contributed by atoms with Gasteiger partial charge in [-0.25, -0.2) is 9.18 Å². The zero-order valence-corrected chi connectivity index (χ0v) is 14.8. The summed E-state index contributed by atoms with van der Waals surface area (Å²) in [6.07, 6.45) is -0.140. The lowest BCUT2D eigenvalue weighted by Crippen LogP contribution is -2.51. The monoisotopic (exact) mass is 365 g/mol. The predicted molar refractivity (Wildman–Crippen MR) is 93.7 cm³/mol. The van der Waals surface area contributed by atoms with Gasteiger partial charge in [-0.3, -0.25) is 4.90 Å². The van der Waals surface area contributed by atoms with Crippen molar-refractivity contribution in [1.29, 1.82) is 0 Å². The highest BCUT2D eigenvalue weighted by molar-refractivity contribution is 5.90. The van der Waals surface area contributed by atoms with Crippen LogP contribution in [0.15, 0.2) is 18.2 Å². The molecule has 142 valence electrons. The zero-order valence-electron chi connectivity index (χ0n) is 14.8. The summed E-state index contributed by atoms with van der Waals surface area (Å²) in [4.78, 5) is 15.3. The Kier molecular flexibility index (Phi) is 4.50. The number of halogens is 1. The first kappa shape index (κ1) is 17.5. The van der Waals surface area contributed by atoms with Gasteiger partial charge in [-0.1, -0.05) is 6.92 Å². The molecule has 1 aromatic carbocycles. The van der Waals surface area contributed by atoms with Gasteiger partial charge in [-0.05, 0) is 18.2 Å². The van der Waals surface area contributed by atoms with E-state index in [2.05, 4.69) is 6.92 Å². The van der Waals surface area contributed by atoms with Gasteiger partial charge < -0.3 is 24.8 Å². The minimum Gasteiger partial charge on any atom is -0.443 e. The van der Waals surface area contributed by atoms with Crippen LogP contribution < -0.4 is 15.5 Å². The van der Waals surface area contributed by atoms with E-state index in [-0.39, 0.29) is 24.4 Å². The number of hydrogen-bond donors (Lipinski definition) is 1. The van der Waals surface area contributed by atoms with Gasteiger partial charge in [0.25, 0.3) is 0 Å². The summed E-state index contributed by atoms with van der Waals surface area (Å²) < 4.78 is 31.5. The molecule has 3 heterocycles. The number of cyclic esters (lactones) is 1. The van der Waals surface area contributed by atoms with Gasteiger partial charge in [0.05, 0.1) is 31.1 Å². The normalized spacial score (nSPS) is 28.0. The van der Waals surface area contributed by atoms with Crippen LogP contribution in [0.1, 0.15) is 13.3 Å². The second kappa shape index (κ2) is 6.68. The lowest BCUT2D eigenvalue weighted by molar-refractivity contribution is -0.199. The van der Waals surface area contributed by atoms with Crippen LogP contribution in [0.3, 0.4) is 0 Å². The molecule has 1 aromatic rings. The number of carbonyl (C=O) groups excluding carboxylic acids is 1. The van der Waals surface area contributed by atoms with E-state index < -0.39 is 11.9 Å². The Labute approximate surface area is 151 Å². The second-order valence-corrected chi connectivity index (χ2v) is 7.09. The molecule has 1 amide bonds. The Morgan fingerprint density at radius 2 is 2.08 bits per heavy atom. The topological polar surface area (TPSA) is 77.3 Å². The second-order valence-electron chi connectivity index (χ2n) is 7.09. The third-order valence-corrected chi connectivity index (χ3v) is 5.47. The number of carbonyl (C=O) groups is 1. The first-order valence-electron chi connectivity index (χ1n) is 9.03. The SMILES string of the molecule is CC1CN(c2ccc(N3C[C@H](CN)OC3=O)cc2F)CCC12OCCO2. The first-order valence-corrected chi connectivity index (χ1v) is 9.03. The first-order chi connectivity index (χ1) is 12.5. The highest BCUT2D eigenvalue weighted by Gasteiger charge is 2.46. The molecule has 3 aliphatic heterocycles. The van der Waals surface area contributed by atoms with E-state index >= 15 is 0 Å². The van der Waals surface area contributed by atoms with Crippen LogP contribution in [0.5, 0.6) is 0 Å². The summed E-state index contributed by atoms with van der Waals surface area (Å²) in [6.45, 7) is 5.19. The van der Waals surface area contributed by atoms with Crippen molar-refractivity contribution in [3.8, 4) is 0 Å². The molecule has 0 radical (unpaired) electrons. The van der Waals surface area contributed by atoms with Gasteiger partial charge in [0.1, 0.15) is 11.9 Å². The van der Waals surface area contributed by atoms with Crippen LogP contribution >= 0.6 is 0 Å². The van der Waals surface area contributed by atoms with Crippen molar-refractivity contribution in [3.05, 3.63) is 24.0 Å². The maximum absolute atomic E-state index is 14.8. The van der Waals surface area contributed by atoms with Crippen molar-refractivity contribution in [1.82, 2.24) is 0 Å². The number of nitrogens with two attached hydrogens (primary N) is 1. The third-order valence-electron chi connectivity index (χ3n) is 5.47. The largest absolute Gasteiger partial charge is 0.443 e. The fraction of sp³-hybridized carbons (Fsp3) is 0.611. The van der Waals surface area contributed by atoms with Gasteiger partial charge in [-0.15, -0.1) is 0 Å². The molecular weight excluding hydrogens is 341 g/mol. The highest BCUT2D eigenvalue weighted by Crippen LogP contribution is 2.38. The molecule has 8 heteroatoms. The molecule has 2 N–H and O–H groups in total. The van der Waals surface area contributed by atoms with Crippen molar-refractivity contribution in [2.24, 2.45) is 11.7 Å². The number of hydrogen-bond acceptors (Lipinski definition) is 6. The van der Waals surface area contributed by atoms with E-state index in [1.165, 1.54) is 11.0 Å². The number of nitrogens with zero attached hydrogens (tertiary/aromatic N) is 2. The minimum atomic E-state index is -0.524. The fourth-order valence-electron chi connectivity index (χ4n) is 3.99. The van der Waals surface area contributed by atoms with Crippen molar-refractivity contribution < 1.29 is 23.4 Å². The number of piperidine rings is 1. The van der Waals surface area contributed by atoms with Gasteiger partial charge >= 0.3 is 6.09 Å². The van der Waals surface area contributed by atoms with Crippen LogP contribution in [0.2, 0.25) is 0 Å². The summed E-state index contributed by atoms with van der Waals surface area (Å²) >= 11 is 0. The summed E-state index contributed by atoms with van der Waals surface area (Å²) in [6, 6.07) is 4.85. The summed E-state index contributed by atoms with van der Waals surface area (Å²) in [5.41, 5.74) is 6.55. The van der Waals surface area contributed by atoms with E-state index in [0.29, 0.717) is 50.6 Å². The number of ether oxygens (including phenoxy) is 3. The molecule has 0 aromatic heterocycles. The molecule has 0 bridgehead atoms. The van der Waals surface area contributed by atoms with Crippen LogP contribution in [0, 0.1) is 11.7 Å². The van der Waals surface area contributed by atoms with Gasteiger partial charge in [0, 0.05) is 32.0 Å². The summed E-state index contributed by atoms with van der Waals surface area (Å²) in [7, 11) is 0. The Morgan fingerprint density at radius 1 is 1.31 bits per heavy atom. The number of rotatable bonds is 3. The molecule has 0 saturated carbocycles. The molecule has 1 unspecified atom stereocenters. The standard InChI is InChI=1S/C18H24FN3O4/c1-12-10-21(5-4-18(12)24-6-7-25-18)16-3-2-13(8-15(16)19)22-11-14(9-20)26-17(22)23/h2-3,8,12,14H,4-7,9-11,20H2,1H3/t12?,14-/m0/s1. The van der Waals surface area contributed by atoms with Gasteiger partial charge in [-0.2, -0.15) is 0 Å². The minimum absolute atomic E-state index is 0.136. The number of amides is 1. The van der Waals surface area contributed by atoms with Gasteiger partial charge in [0.15, 0.2) is 5.79 Å². The summed E-state index contributed by atoms with van der Waals surface area (Å²) in [5.74, 6) is -0.747. The molecule has 3 aliphatic rings. The van der Waals surface area contributed by atoms with Crippen molar-refractivity contribution in [2.75, 3.05) is 49.2 Å².